The molecule has 0 bridgehead atoms. The minimum absolute atomic E-state index is 0.185. The normalized spacial score (nSPS) is 10.4. The Morgan fingerprint density at radius 3 is 2.25 bits per heavy atom. The third kappa shape index (κ3) is 4.04. The van der Waals surface area contributed by atoms with Crippen LogP contribution in [0.15, 0.2) is 54.6 Å². The molecular formula is C18H20O2. The van der Waals surface area contributed by atoms with E-state index in [-0.39, 0.29) is 5.78 Å². The summed E-state index contributed by atoms with van der Waals surface area (Å²) in [6.45, 7) is 3.33. The molecular weight excluding hydrogens is 248 g/mol. The minimum atomic E-state index is 0.185. The zero-order valence-corrected chi connectivity index (χ0v) is 11.8. The largest absolute Gasteiger partial charge is 0.382 e. The van der Waals surface area contributed by atoms with Gasteiger partial charge < -0.3 is 4.74 Å². The van der Waals surface area contributed by atoms with Gasteiger partial charge in [-0.3, -0.25) is 4.79 Å². The molecule has 0 saturated heterocycles. The Kier molecular flexibility index (Phi) is 5.51. The van der Waals surface area contributed by atoms with E-state index in [0.29, 0.717) is 19.6 Å². The van der Waals surface area contributed by atoms with E-state index in [1.165, 1.54) is 5.56 Å². The van der Waals surface area contributed by atoms with Crippen molar-refractivity contribution in [1.29, 1.82) is 0 Å². The average molecular weight is 268 g/mol. The summed E-state index contributed by atoms with van der Waals surface area (Å²) in [5.74, 6) is 0.185. The highest BCUT2D eigenvalue weighted by molar-refractivity contribution is 5.96. The van der Waals surface area contributed by atoms with Gasteiger partial charge in [0.25, 0.3) is 0 Å². The lowest BCUT2D eigenvalue weighted by atomic mass is 10.0. The van der Waals surface area contributed by atoms with Crippen LogP contribution in [0.5, 0.6) is 0 Å². The van der Waals surface area contributed by atoms with Crippen molar-refractivity contribution < 1.29 is 9.53 Å². The molecule has 0 fully saturated rings. The third-order valence-electron chi connectivity index (χ3n) is 3.21. The first-order valence-electron chi connectivity index (χ1n) is 7.07. The fraction of sp³-hybridized carbons (Fsp3) is 0.278. The molecule has 20 heavy (non-hydrogen) atoms. The average Bonchev–Trinajstić information content (AvgIpc) is 2.52. The maximum absolute atomic E-state index is 12.0. The zero-order valence-electron chi connectivity index (χ0n) is 11.8. The van der Waals surface area contributed by atoms with Crippen molar-refractivity contribution in [2.24, 2.45) is 0 Å². The minimum Gasteiger partial charge on any atom is -0.382 e. The summed E-state index contributed by atoms with van der Waals surface area (Å²) in [4.78, 5) is 12.0. The summed E-state index contributed by atoms with van der Waals surface area (Å²) in [6, 6.07) is 18.0. The lowest BCUT2D eigenvalue weighted by Gasteiger charge is -2.04. The number of carbonyl (C=O) groups excluding carboxylic acids is 1. The van der Waals surface area contributed by atoms with Crippen LogP contribution < -0.4 is 0 Å². The molecule has 0 amide bonds. The Bertz CT molecular complexity index is 529. The van der Waals surface area contributed by atoms with Gasteiger partial charge in [-0.15, -0.1) is 0 Å². The number of carbonyl (C=O) groups is 1. The van der Waals surface area contributed by atoms with Crippen LogP contribution in [0.4, 0.5) is 0 Å². The molecule has 2 nitrogen and oxygen atoms in total. The predicted molar refractivity (Wildman–Crippen MR) is 81.9 cm³/mol. The fourth-order valence-corrected chi connectivity index (χ4v) is 2.10. The summed E-state index contributed by atoms with van der Waals surface area (Å²) in [5, 5.41) is 0. The zero-order chi connectivity index (χ0) is 14.2. The number of benzene rings is 2. The van der Waals surface area contributed by atoms with Gasteiger partial charge in [0.2, 0.25) is 0 Å². The lowest BCUT2D eigenvalue weighted by molar-refractivity contribution is 0.0947. The SMILES string of the molecule is CCOCCCC(=O)c1ccc(-c2ccccc2)cc1. The van der Waals surface area contributed by atoms with Crippen molar-refractivity contribution in [3.05, 3.63) is 60.2 Å². The summed E-state index contributed by atoms with van der Waals surface area (Å²) >= 11 is 0. The van der Waals surface area contributed by atoms with Gasteiger partial charge in [-0.25, -0.2) is 0 Å². The second kappa shape index (κ2) is 7.61. The smallest absolute Gasteiger partial charge is 0.162 e. The first-order valence-corrected chi connectivity index (χ1v) is 7.07. The van der Waals surface area contributed by atoms with E-state index < -0.39 is 0 Å². The van der Waals surface area contributed by atoms with E-state index in [2.05, 4.69) is 12.1 Å². The molecule has 0 heterocycles. The van der Waals surface area contributed by atoms with Crippen LogP contribution in [0.1, 0.15) is 30.1 Å². The molecule has 0 radical (unpaired) electrons. The summed E-state index contributed by atoms with van der Waals surface area (Å²) in [7, 11) is 0. The van der Waals surface area contributed by atoms with Gasteiger partial charge in [0.15, 0.2) is 5.78 Å². The Balaban J connectivity index is 1.96. The van der Waals surface area contributed by atoms with Gasteiger partial charge >= 0.3 is 0 Å². The molecule has 2 aromatic carbocycles. The van der Waals surface area contributed by atoms with Crippen molar-refractivity contribution >= 4 is 5.78 Å². The number of ketones is 1. The maximum atomic E-state index is 12.0. The Labute approximate surface area is 120 Å². The van der Waals surface area contributed by atoms with E-state index in [4.69, 9.17) is 4.74 Å². The van der Waals surface area contributed by atoms with E-state index in [1.54, 1.807) is 0 Å². The highest BCUT2D eigenvalue weighted by Gasteiger charge is 2.06. The first kappa shape index (κ1) is 14.5. The molecule has 104 valence electrons. The highest BCUT2D eigenvalue weighted by atomic mass is 16.5. The highest BCUT2D eigenvalue weighted by Crippen LogP contribution is 2.19. The van der Waals surface area contributed by atoms with Crippen LogP contribution in [-0.4, -0.2) is 19.0 Å². The van der Waals surface area contributed by atoms with Gasteiger partial charge in [0.1, 0.15) is 0 Å². The Hall–Kier alpha value is -1.93. The van der Waals surface area contributed by atoms with E-state index in [9.17, 15) is 4.79 Å². The molecule has 0 aromatic heterocycles. The van der Waals surface area contributed by atoms with Gasteiger partial charge in [-0.2, -0.15) is 0 Å². The summed E-state index contributed by atoms with van der Waals surface area (Å²) < 4.78 is 5.24. The second-order valence-corrected chi connectivity index (χ2v) is 4.67. The molecule has 2 aromatic rings. The predicted octanol–water partition coefficient (Wildman–Crippen LogP) is 4.35. The molecule has 0 unspecified atom stereocenters. The van der Waals surface area contributed by atoms with Crippen molar-refractivity contribution in [2.75, 3.05) is 13.2 Å². The number of hydrogen-bond donors (Lipinski definition) is 0. The Morgan fingerprint density at radius 1 is 0.950 bits per heavy atom. The quantitative estimate of drug-likeness (QED) is 0.551. The third-order valence-corrected chi connectivity index (χ3v) is 3.21. The molecule has 0 N–H and O–H groups in total. The van der Waals surface area contributed by atoms with Crippen molar-refractivity contribution in [3.8, 4) is 11.1 Å². The molecule has 0 atom stereocenters. The molecule has 2 rings (SSSR count). The summed E-state index contributed by atoms with van der Waals surface area (Å²) in [6.07, 6.45) is 1.33. The lowest BCUT2D eigenvalue weighted by Crippen LogP contribution is -2.02. The van der Waals surface area contributed by atoms with Crippen molar-refractivity contribution in [3.63, 3.8) is 0 Å². The number of ether oxygens (including phenoxy) is 1. The molecule has 0 aliphatic carbocycles. The van der Waals surface area contributed by atoms with Crippen LogP contribution in [0.3, 0.4) is 0 Å². The van der Waals surface area contributed by atoms with E-state index >= 15 is 0 Å². The summed E-state index contributed by atoms with van der Waals surface area (Å²) in [5.41, 5.74) is 3.08. The molecule has 2 heteroatoms. The van der Waals surface area contributed by atoms with Gasteiger partial charge in [-0.05, 0) is 24.5 Å². The van der Waals surface area contributed by atoms with Gasteiger partial charge in [0, 0.05) is 25.2 Å². The van der Waals surface area contributed by atoms with Crippen LogP contribution in [-0.2, 0) is 4.74 Å². The molecule has 0 aliphatic heterocycles. The second-order valence-electron chi connectivity index (χ2n) is 4.67. The van der Waals surface area contributed by atoms with E-state index in [1.807, 2.05) is 49.4 Å². The molecule has 0 aliphatic rings. The van der Waals surface area contributed by atoms with Crippen LogP contribution in [0.2, 0.25) is 0 Å². The first-order chi connectivity index (χ1) is 9.81. The van der Waals surface area contributed by atoms with Gasteiger partial charge in [-0.1, -0.05) is 54.6 Å². The van der Waals surface area contributed by atoms with Crippen LogP contribution >= 0.6 is 0 Å². The molecule has 0 spiro atoms. The molecule has 0 saturated carbocycles. The number of hydrogen-bond acceptors (Lipinski definition) is 2. The fourth-order valence-electron chi connectivity index (χ4n) is 2.10. The number of Topliss-reactive ketones (excluding diaryl/α,β-unsaturated/α-hetero) is 1. The number of rotatable bonds is 7. The monoisotopic (exact) mass is 268 g/mol. The Morgan fingerprint density at radius 2 is 1.60 bits per heavy atom. The van der Waals surface area contributed by atoms with E-state index in [0.717, 1.165) is 17.5 Å². The maximum Gasteiger partial charge on any atom is 0.162 e. The topological polar surface area (TPSA) is 26.3 Å². The van der Waals surface area contributed by atoms with Crippen molar-refractivity contribution in [1.82, 2.24) is 0 Å². The van der Waals surface area contributed by atoms with Gasteiger partial charge in [0.05, 0.1) is 0 Å². The van der Waals surface area contributed by atoms with Crippen molar-refractivity contribution in [2.45, 2.75) is 19.8 Å². The standard InChI is InChI=1S/C18H20O2/c1-2-20-14-6-9-18(19)17-12-10-16(11-13-17)15-7-4-3-5-8-15/h3-5,7-8,10-13H,2,6,9,14H2,1H3. The van der Waals surface area contributed by atoms with Crippen LogP contribution in [0, 0.1) is 0 Å². The van der Waals surface area contributed by atoms with Crippen LogP contribution in [0.25, 0.3) is 11.1 Å².